The van der Waals surface area contributed by atoms with Gasteiger partial charge in [-0.25, -0.2) is 19.1 Å². The van der Waals surface area contributed by atoms with Crippen molar-refractivity contribution in [3.05, 3.63) is 11.4 Å². The Morgan fingerprint density at radius 2 is 1.50 bits per heavy atom. The molecule has 1 aromatic rings. The van der Waals surface area contributed by atoms with E-state index in [1.165, 1.54) is 7.11 Å². The Bertz CT molecular complexity index is 690. The van der Waals surface area contributed by atoms with Gasteiger partial charge in [0.15, 0.2) is 11.7 Å². The van der Waals surface area contributed by atoms with Crippen LogP contribution >= 0.6 is 15.9 Å². The summed E-state index contributed by atoms with van der Waals surface area (Å²) in [6.45, 7) is 0. The van der Waals surface area contributed by atoms with E-state index < -0.39 is 40.4 Å². The van der Waals surface area contributed by atoms with Crippen LogP contribution in [0.2, 0.25) is 0 Å². The van der Waals surface area contributed by atoms with Crippen molar-refractivity contribution in [1.29, 1.82) is 0 Å². The van der Waals surface area contributed by atoms with E-state index in [9.17, 15) is 19.2 Å². The quantitative estimate of drug-likeness (QED) is 0.318. The Morgan fingerprint density at radius 1 is 0.923 bits per heavy atom. The average molecular weight is 436 g/mol. The summed E-state index contributed by atoms with van der Waals surface area (Å²) in [7, 11) is 4.58. The fourth-order valence-corrected chi connectivity index (χ4v) is 2.51. The summed E-state index contributed by atoms with van der Waals surface area (Å²) in [6, 6.07) is -1.13. The van der Waals surface area contributed by atoms with Gasteiger partial charge in [0.05, 0.1) is 28.4 Å². The Labute approximate surface area is 157 Å². The van der Waals surface area contributed by atoms with Crippen LogP contribution in [0.5, 0.6) is 0 Å². The Balaban J connectivity index is 3.28. The van der Waals surface area contributed by atoms with Crippen LogP contribution in [0.1, 0.15) is 39.9 Å². The van der Waals surface area contributed by atoms with Crippen molar-refractivity contribution in [3.8, 4) is 0 Å². The molecule has 0 N–H and O–H groups in total. The van der Waals surface area contributed by atoms with E-state index in [0.29, 0.717) is 0 Å². The van der Waals surface area contributed by atoms with Crippen molar-refractivity contribution in [2.75, 3.05) is 28.4 Å². The Hall–Kier alpha value is -2.50. The van der Waals surface area contributed by atoms with Crippen LogP contribution in [0.4, 0.5) is 0 Å². The highest BCUT2D eigenvalue weighted by molar-refractivity contribution is 9.10. The first kappa shape index (κ1) is 21.5. The predicted molar refractivity (Wildman–Crippen MR) is 87.7 cm³/mol. The van der Waals surface area contributed by atoms with E-state index in [-0.39, 0.29) is 18.5 Å². The number of nitrogens with zero attached hydrogens (tertiary/aromatic N) is 3. The normalized spacial score (nSPS) is 12.7. The summed E-state index contributed by atoms with van der Waals surface area (Å²) in [5, 5.41) is 7.30. The number of hydrogen-bond donors (Lipinski definition) is 0. The van der Waals surface area contributed by atoms with E-state index in [1.807, 2.05) is 0 Å². The molecule has 0 saturated heterocycles. The zero-order valence-electron chi connectivity index (χ0n) is 14.6. The monoisotopic (exact) mass is 435 g/mol. The highest BCUT2D eigenvalue weighted by Gasteiger charge is 2.34. The maximum absolute atomic E-state index is 12.2. The molecule has 26 heavy (non-hydrogen) atoms. The molecule has 12 heteroatoms. The van der Waals surface area contributed by atoms with E-state index in [4.69, 9.17) is 4.74 Å². The van der Waals surface area contributed by atoms with Gasteiger partial charge in [-0.15, -0.1) is 5.10 Å². The zero-order valence-corrected chi connectivity index (χ0v) is 16.1. The largest absolute Gasteiger partial charge is 0.468 e. The Morgan fingerprint density at radius 3 is 2.00 bits per heavy atom. The molecule has 2 unspecified atom stereocenters. The van der Waals surface area contributed by atoms with Gasteiger partial charge in [0, 0.05) is 0 Å². The summed E-state index contributed by atoms with van der Waals surface area (Å²) >= 11 is 3.14. The van der Waals surface area contributed by atoms with Crippen LogP contribution in [0, 0.1) is 0 Å². The molecule has 0 fully saturated rings. The SMILES string of the molecule is COC(=O)c1nnn(C(CCC(Br)C(=O)OC)C(=O)OC)c1C(=O)OC. The summed E-state index contributed by atoms with van der Waals surface area (Å²) in [5.74, 6) is -3.14. The lowest BCUT2D eigenvalue weighted by molar-refractivity contribution is -0.146. The van der Waals surface area contributed by atoms with Crippen molar-refractivity contribution < 1.29 is 38.1 Å². The highest BCUT2D eigenvalue weighted by Crippen LogP contribution is 2.23. The van der Waals surface area contributed by atoms with Gasteiger partial charge in [0.1, 0.15) is 4.83 Å². The van der Waals surface area contributed by atoms with Gasteiger partial charge in [0.25, 0.3) is 0 Å². The number of halogens is 1. The van der Waals surface area contributed by atoms with E-state index in [2.05, 4.69) is 40.5 Å². The molecule has 11 nitrogen and oxygen atoms in total. The lowest BCUT2D eigenvalue weighted by atomic mass is 10.1. The molecule has 0 spiro atoms. The molecule has 0 aliphatic rings. The maximum atomic E-state index is 12.2. The molecule has 0 aliphatic carbocycles. The number of carbonyl (C=O) groups is 4. The van der Waals surface area contributed by atoms with E-state index >= 15 is 0 Å². The van der Waals surface area contributed by atoms with Crippen LogP contribution in [-0.4, -0.2) is 72.1 Å². The fraction of sp³-hybridized carbons (Fsp3) is 0.571. The zero-order chi connectivity index (χ0) is 19.9. The minimum atomic E-state index is -1.13. The number of carbonyl (C=O) groups excluding carboxylic acids is 4. The minimum Gasteiger partial charge on any atom is -0.468 e. The van der Waals surface area contributed by atoms with Crippen LogP contribution < -0.4 is 0 Å². The molecular weight excluding hydrogens is 418 g/mol. The molecule has 144 valence electrons. The molecule has 2 atom stereocenters. The summed E-state index contributed by atoms with van der Waals surface area (Å²) in [4.78, 5) is 46.8. The van der Waals surface area contributed by atoms with Crippen molar-refractivity contribution >= 4 is 39.8 Å². The average Bonchev–Trinajstić information content (AvgIpc) is 3.10. The summed E-state index contributed by atoms with van der Waals surface area (Å²) < 4.78 is 19.4. The third-order valence-corrected chi connectivity index (χ3v) is 4.20. The third kappa shape index (κ3) is 4.77. The first-order valence-corrected chi connectivity index (χ1v) is 8.15. The van der Waals surface area contributed by atoms with E-state index in [0.717, 1.165) is 26.0 Å². The van der Waals surface area contributed by atoms with Crippen LogP contribution in [-0.2, 0) is 28.5 Å². The lowest BCUT2D eigenvalue weighted by Gasteiger charge is -2.17. The lowest BCUT2D eigenvalue weighted by Crippen LogP contribution is -2.28. The molecule has 0 aliphatic heterocycles. The number of hydrogen-bond acceptors (Lipinski definition) is 10. The summed E-state index contributed by atoms with van der Waals surface area (Å²) in [6.07, 6.45) is 0.187. The number of aromatic nitrogens is 3. The summed E-state index contributed by atoms with van der Waals surface area (Å²) in [5.41, 5.74) is -0.768. The second-order valence-electron chi connectivity index (χ2n) is 4.82. The van der Waals surface area contributed by atoms with Crippen LogP contribution in [0.15, 0.2) is 0 Å². The number of ether oxygens (including phenoxy) is 4. The molecule has 1 heterocycles. The maximum Gasteiger partial charge on any atom is 0.361 e. The van der Waals surface area contributed by atoms with Crippen LogP contribution in [0.3, 0.4) is 0 Å². The molecule has 0 bridgehead atoms. The second-order valence-corrected chi connectivity index (χ2v) is 5.93. The first-order valence-electron chi connectivity index (χ1n) is 7.23. The number of alkyl halides is 1. The molecule has 1 aromatic heterocycles. The number of methoxy groups -OCH3 is 4. The van der Waals surface area contributed by atoms with Gasteiger partial charge >= 0.3 is 23.9 Å². The number of esters is 4. The minimum absolute atomic E-state index is 0.0334. The molecule has 0 radical (unpaired) electrons. The van der Waals surface area contributed by atoms with Gasteiger partial charge < -0.3 is 18.9 Å². The number of rotatable bonds is 8. The van der Waals surface area contributed by atoms with Gasteiger partial charge in [0.2, 0.25) is 5.69 Å². The van der Waals surface area contributed by atoms with E-state index in [1.54, 1.807) is 0 Å². The van der Waals surface area contributed by atoms with Gasteiger partial charge in [-0.05, 0) is 12.8 Å². The molecule has 0 amide bonds. The Kier molecular flexibility index (Phi) is 8.16. The van der Waals surface area contributed by atoms with Crippen molar-refractivity contribution in [3.63, 3.8) is 0 Å². The van der Waals surface area contributed by atoms with Gasteiger partial charge in [-0.3, -0.25) is 4.79 Å². The predicted octanol–water partition coefficient (Wildman–Crippen LogP) is 0.282. The molecular formula is C14H18BrN3O8. The van der Waals surface area contributed by atoms with Crippen LogP contribution in [0.25, 0.3) is 0 Å². The van der Waals surface area contributed by atoms with Gasteiger partial charge in [-0.1, -0.05) is 21.1 Å². The van der Waals surface area contributed by atoms with Gasteiger partial charge in [-0.2, -0.15) is 0 Å². The van der Waals surface area contributed by atoms with Crippen molar-refractivity contribution in [1.82, 2.24) is 15.0 Å². The fourth-order valence-electron chi connectivity index (χ4n) is 2.06. The standard InChI is InChI=1S/C14H18BrN3O8/c1-23-11(19)7(15)5-6-8(12(20)24-2)18-10(14(22)26-4)9(16-17-18)13(21)25-3/h7-8H,5-6H2,1-4H3. The smallest absolute Gasteiger partial charge is 0.361 e. The topological polar surface area (TPSA) is 136 Å². The van der Waals surface area contributed by atoms with Crippen molar-refractivity contribution in [2.24, 2.45) is 0 Å². The molecule has 0 aromatic carbocycles. The first-order chi connectivity index (χ1) is 12.3. The van der Waals surface area contributed by atoms with Crippen molar-refractivity contribution in [2.45, 2.75) is 23.7 Å². The highest BCUT2D eigenvalue weighted by atomic mass is 79.9. The molecule has 1 rings (SSSR count). The third-order valence-electron chi connectivity index (χ3n) is 3.37. The second kappa shape index (κ2) is 9.85. The molecule has 0 saturated carbocycles.